The highest BCUT2D eigenvalue weighted by Gasteiger charge is 2.08. The van der Waals surface area contributed by atoms with Gasteiger partial charge in [0.1, 0.15) is 0 Å². The third kappa shape index (κ3) is 5.34. The lowest BCUT2D eigenvalue weighted by Crippen LogP contribution is -2.08. The van der Waals surface area contributed by atoms with E-state index in [9.17, 15) is 9.59 Å². The minimum absolute atomic E-state index is 0.0997. The zero-order valence-electron chi connectivity index (χ0n) is 13.0. The van der Waals surface area contributed by atoms with Gasteiger partial charge < -0.3 is 4.74 Å². The van der Waals surface area contributed by atoms with Gasteiger partial charge >= 0.3 is 5.97 Å². The number of amides is 1. The molecule has 0 saturated heterocycles. The number of nitrogens with one attached hydrogen (secondary N) is 1. The minimum Gasteiger partial charge on any atom is -0.469 e. The van der Waals surface area contributed by atoms with Crippen LogP contribution in [0.5, 0.6) is 0 Å². The number of aromatic nitrogens is 1. The number of carbonyl (C=O) groups excluding carboxylic acids is 2. The van der Waals surface area contributed by atoms with E-state index < -0.39 is 0 Å². The largest absolute Gasteiger partial charge is 0.469 e. The Morgan fingerprint density at radius 3 is 2.70 bits per heavy atom. The number of hydrogen-bond acceptors (Lipinski definition) is 5. The predicted molar refractivity (Wildman–Crippen MR) is 91.3 cm³/mol. The molecular weight excluding hydrogens is 312 g/mol. The fourth-order valence-corrected chi connectivity index (χ4v) is 2.56. The molecule has 0 atom stereocenters. The van der Waals surface area contributed by atoms with Crippen LogP contribution in [0.3, 0.4) is 0 Å². The van der Waals surface area contributed by atoms with Crippen molar-refractivity contribution in [3.8, 4) is 0 Å². The maximum Gasteiger partial charge on any atom is 0.311 e. The molecule has 0 unspecified atom stereocenters. The zero-order chi connectivity index (χ0) is 16.7. The Balaban J connectivity index is 1.91. The Bertz CT molecular complexity index is 705. The molecule has 0 saturated carbocycles. The molecule has 0 bridgehead atoms. The van der Waals surface area contributed by atoms with Crippen LogP contribution < -0.4 is 5.32 Å². The minimum atomic E-state index is -0.358. The first-order valence-electron chi connectivity index (χ1n) is 7.20. The molecule has 0 fully saturated rings. The number of ether oxygens (including phenoxy) is 1. The van der Waals surface area contributed by atoms with Crippen LogP contribution in [0, 0.1) is 0 Å². The highest BCUT2D eigenvalue weighted by atomic mass is 32.1. The normalized spacial score (nSPS) is 10.7. The summed E-state index contributed by atoms with van der Waals surface area (Å²) in [6, 6.07) is 8.02. The van der Waals surface area contributed by atoms with Gasteiger partial charge in [-0.2, -0.15) is 0 Å². The number of carbonyl (C=O) groups is 2. The highest BCUT2D eigenvalue weighted by Crippen LogP contribution is 2.16. The fourth-order valence-electron chi connectivity index (χ4n) is 1.85. The van der Waals surface area contributed by atoms with E-state index in [0.717, 1.165) is 12.0 Å². The van der Waals surface area contributed by atoms with E-state index in [1.54, 1.807) is 11.5 Å². The molecule has 23 heavy (non-hydrogen) atoms. The maximum absolute atomic E-state index is 11.9. The predicted octanol–water partition coefficient (Wildman–Crippen LogP) is 3.07. The number of nitrogens with zero attached hydrogens (tertiary/aromatic N) is 1. The lowest BCUT2D eigenvalue weighted by atomic mass is 10.1. The molecule has 6 heteroatoms. The summed E-state index contributed by atoms with van der Waals surface area (Å²) in [5, 5.41) is 4.86. The van der Waals surface area contributed by atoms with E-state index in [1.807, 2.05) is 24.3 Å². The van der Waals surface area contributed by atoms with Gasteiger partial charge in [0.2, 0.25) is 5.91 Å². The Kier molecular flexibility index (Phi) is 6.05. The summed E-state index contributed by atoms with van der Waals surface area (Å²) in [6.45, 7) is 2.10. The molecule has 0 radical (unpaired) electrons. The van der Waals surface area contributed by atoms with Crippen LogP contribution >= 0.6 is 11.3 Å². The van der Waals surface area contributed by atoms with Crippen molar-refractivity contribution in [1.29, 1.82) is 0 Å². The molecule has 2 aromatic rings. The van der Waals surface area contributed by atoms with E-state index >= 15 is 0 Å². The first-order valence-corrected chi connectivity index (χ1v) is 8.08. The van der Waals surface area contributed by atoms with Crippen LogP contribution in [0.25, 0.3) is 6.08 Å². The molecule has 1 amide bonds. The fraction of sp³-hybridized carbons (Fsp3) is 0.235. The van der Waals surface area contributed by atoms with Crippen LogP contribution in [0.2, 0.25) is 0 Å². The van der Waals surface area contributed by atoms with Crippen molar-refractivity contribution in [2.75, 3.05) is 12.4 Å². The number of methoxy groups -OCH3 is 1. The van der Waals surface area contributed by atoms with Crippen molar-refractivity contribution < 1.29 is 14.3 Å². The van der Waals surface area contributed by atoms with Gasteiger partial charge in [0.25, 0.3) is 0 Å². The van der Waals surface area contributed by atoms with Gasteiger partial charge in [0.05, 0.1) is 19.2 Å². The number of rotatable bonds is 6. The van der Waals surface area contributed by atoms with Gasteiger partial charge in [-0.15, -0.1) is 11.3 Å². The molecule has 1 aromatic heterocycles. The van der Waals surface area contributed by atoms with Crippen LogP contribution in [-0.2, 0) is 27.2 Å². The topological polar surface area (TPSA) is 68.3 Å². The first-order chi connectivity index (χ1) is 11.1. The Hall–Kier alpha value is -2.47. The Labute approximate surface area is 139 Å². The van der Waals surface area contributed by atoms with Gasteiger partial charge in [-0.1, -0.05) is 31.2 Å². The lowest BCUT2D eigenvalue weighted by molar-refractivity contribution is -0.139. The number of benzene rings is 1. The van der Waals surface area contributed by atoms with Gasteiger partial charge in [0, 0.05) is 11.5 Å². The number of hydrogen-bond donors (Lipinski definition) is 1. The lowest BCUT2D eigenvalue weighted by Gasteiger charge is -1.98. The summed E-state index contributed by atoms with van der Waals surface area (Å²) in [5.74, 6) is -0.618. The van der Waals surface area contributed by atoms with E-state index in [1.165, 1.54) is 30.1 Å². The molecule has 2 rings (SSSR count). The average Bonchev–Trinajstić information content (AvgIpc) is 3.00. The number of thiazole rings is 1. The second kappa shape index (κ2) is 8.24. The van der Waals surface area contributed by atoms with E-state index in [0.29, 0.717) is 10.8 Å². The average molecular weight is 330 g/mol. The van der Waals surface area contributed by atoms with Crippen LogP contribution in [0.1, 0.15) is 23.7 Å². The summed E-state index contributed by atoms with van der Waals surface area (Å²) < 4.78 is 4.58. The molecule has 0 aliphatic carbocycles. The standard InChI is InChI=1S/C17H18N2O3S/c1-3-12-4-6-13(7-5-12)8-9-15(20)19-17-18-14(11-23-17)10-16(21)22-2/h4-9,11H,3,10H2,1-2H3,(H,18,19,20)/b9-8+. The summed E-state index contributed by atoms with van der Waals surface area (Å²) in [7, 11) is 1.33. The molecule has 1 heterocycles. The van der Waals surface area contributed by atoms with Gasteiger partial charge in [0.15, 0.2) is 5.13 Å². The Morgan fingerprint density at radius 2 is 2.04 bits per heavy atom. The molecule has 5 nitrogen and oxygen atoms in total. The third-order valence-corrected chi connectivity index (χ3v) is 3.96. The van der Waals surface area contributed by atoms with E-state index in [4.69, 9.17) is 0 Å². The van der Waals surface area contributed by atoms with Crippen molar-refractivity contribution in [1.82, 2.24) is 4.98 Å². The molecule has 1 aromatic carbocycles. The summed E-state index contributed by atoms with van der Waals surface area (Å²) >= 11 is 1.27. The van der Waals surface area contributed by atoms with Crippen LogP contribution in [0.4, 0.5) is 5.13 Å². The quantitative estimate of drug-likeness (QED) is 0.653. The van der Waals surface area contributed by atoms with Crippen molar-refractivity contribution in [3.05, 3.63) is 52.5 Å². The van der Waals surface area contributed by atoms with Gasteiger partial charge in [-0.3, -0.25) is 14.9 Å². The van der Waals surface area contributed by atoms with Gasteiger partial charge in [-0.25, -0.2) is 4.98 Å². The van der Waals surface area contributed by atoms with Crippen molar-refractivity contribution >= 4 is 34.4 Å². The maximum atomic E-state index is 11.9. The highest BCUT2D eigenvalue weighted by molar-refractivity contribution is 7.14. The summed E-state index contributed by atoms with van der Waals surface area (Å²) in [6.07, 6.45) is 4.30. The summed E-state index contributed by atoms with van der Waals surface area (Å²) in [5.41, 5.74) is 2.80. The van der Waals surface area contributed by atoms with Gasteiger partial charge in [-0.05, 0) is 23.6 Å². The molecule has 0 aliphatic heterocycles. The smallest absolute Gasteiger partial charge is 0.311 e. The zero-order valence-corrected chi connectivity index (χ0v) is 13.9. The number of aryl methyl sites for hydroxylation is 1. The van der Waals surface area contributed by atoms with Crippen LogP contribution in [0.15, 0.2) is 35.7 Å². The summed E-state index contributed by atoms with van der Waals surface area (Å²) in [4.78, 5) is 27.2. The molecule has 1 N–H and O–H groups in total. The van der Waals surface area contributed by atoms with Crippen molar-refractivity contribution in [3.63, 3.8) is 0 Å². The number of esters is 1. The first kappa shape index (κ1) is 16.9. The molecule has 120 valence electrons. The SMILES string of the molecule is CCc1ccc(/C=C/C(=O)Nc2nc(CC(=O)OC)cs2)cc1. The number of anilines is 1. The van der Waals surface area contributed by atoms with E-state index in [-0.39, 0.29) is 18.3 Å². The second-order valence-corrected chi connectivity index (χ2v) is 5.67. The monoisotopic (exact) mass is 330 g/mol. The molecular formula is C17H18N2O3S. The van der Waals surface area contributed by atoms with Crippen LogP contribution in [-0.4, -0.2) is 24.0 Å². The Morgan fingerprint density at radius 1 is 1.30 bits per heavy atom. The molecule has 0 spiro atoms. The second-order valence-electron chi connectivity index (χ2n) is 4.81. The van der Waals surface area contributed by atoms with E-state index in [2.05, 4.69) is 22.0 Å². The van der Waals surface area contributed by atoms with Crippen molar-refractivity contribution in [2.45, 2.75) is 19.8 Å². The molecule has 0 aliphatic rings. The van der Waals surface area contributed by atoms with Crippen molar-refractivity contribution in [2.24, 2.45) is 0 Å². The third-order valence-electron chi connectivity index (χ3n) is 3.15.